The smallest absolute Gasteiger partial charge is 0.237 e. The minimum atomic E-state index is -5.18. The van der Waals surface area contributed by atoms with Crippen LogP contribution in [0.4, 0.5) is 26.3 Å². The Labute approximate surface area is 59.2 Å². The first-order valence-electron chi connectivity index (χ1n) is 2.71. The van der Waals surface area contributed by atoms with E-state index >= 15 is 0 Å². The summed E-state index contributed by atoms with van der Waals surface area (Å²) in [6.07, 6.45) is -10.4. The predicted molar refractivity (Wildman–Crippen MR) is 26.2 cm³/mol. The van der Waals surface area contributed by atoms with E-state index < -0.39 is 24.7 Å². The molecule has 0 N–H and O–H groups in total. The topological polar surface area (TPSA) is 0 Å². The third kappa shape index (κ3) is 4.92. The predicted octanol–water partition coefficient (Wildman–Crippen LogP) is 2.93. The number of hydrogen-bond donors (Lipinski definition) is 0. The van der Waals surface area contributed by atoms with Gasteiger partial charge in [0.1, 0.15) is 0 Å². The van der Waals surface area contributed by atoms with E-state index in [4.69, 9.17) is 0 Å². The standard InChI is InChI=1S/C5H6F6/c1-4(7,8)2-3(6)5(9,10)11/h3H,2H2,1H3. The lowest BCUT2D eigenvalue weighted by Crippen LogP contribution is -2.30. The Morgan fingerprint density at radius 3 is 1.55 bits per heavy atom. The normalized spacial score (nSPS) is 16.6. The molecule has 0 aliphatic rings. The highest BCUT2D eigenvalue weighted by atomic mass is 19.4. The summed E-state index contributed by atoms with van der Waals surface area (Å²) in [5.41, 5.74) is 0. The van der Waals surface area contributed by atoms with Crippen molar-refractivity contribution in [3.8, 4) is 0 Å². The molecule has 0 aromatic carbocycles. The van der Waals surface area contributed by atoms with Gasteiger partial charge >= 0.3 is 6.18 Å². The molecule has 11 heavy (non-hydrogen) atoms. The lowest BCUT2D eigenvalue weighted by molar-refractivity contribution is -0.197. The molecule has 0 aromatic rings. The molecule has 6 heteroatoms. The molecule has 0 saturated carbocycles. The van der Waals surface area contributed by atoms with Crippen molar-refractivity contribution in [2.24, 2.45) is 0 Å². The van der Waals surface area contributed by atoms with Crippen LogP contribution in [-0.4, -0.2) is 18.3 Å². The Balaban J connectivity index is 3.99. The maximum absolute atomic E-state index is 11.8. The Bertz CT molecular complexity index is 120. The van der Waals surface area contributed by atoms with Gasteiger partial charge in [-0.1, -0.05) is 0 Å². The highest BCUT2D eigenvalue weighted by Crippen LogP contribution is 2.31. The van der Waals surface area contributed by atoms with Gasteiger partial charge in [-0.15, -0.1) is 0 Å². The number of rotatable bonds is 2. The van der Waals surface area contributed by atoms with Crippen LogP contribution in [0.2, 0.25) is 0 Å². The average molecular weight is 180 g/mol. The maximum atomic E-state index is 11.8. The van der Waals surface area contributed by atoms with Crippen LogP contribution in [0.15, 0.2) is 0 Å². The Morgan fingerprint density at radius 2 is 1.45 bits per heavy atom. The molecule has 1 unspecified atom stereocenters. The SMILES string of the molecule is CC(F)(F)CC(F)C(F)(F)F. The van der Waals surface area contributed by atoms with Gasteiger partial charge in [0.05, 0.1) is 6.42 Å². The van der Waals surface area contributed by atoms with Gasteiger partial charge in [-0.05, 0) is 6.92 Å². The molecule has 0 aliphatic heterocycles. The molecule has 1 atom stereocenters. The largest absolute Gasteiger partial charge is 0.419 e. The van der Waals surface area contributed by atoms with Crippen LogP contribution in [0.1, 0.15) is 13.3 Å². The van der Waals surface area contributed by atoms with Crippen LogP contribution in [0.25, 0.3) is 0 Å². The Kier molecular flexibility index (Phi) is 2.79. The lowest BCUT2D eigenvalue weighted by atomic mass is 10.2. The van der Waals surface area contributed by atoms with Crippen LogP contribution >= 0.6 is 0 Å². The third-order valence-electron chi connectivity index (χ3n) is 0.893. The Hall–Kier alpha value is -0.420. The summed E-state index contributed by atoms with van der Waals surface area (Å²) in [6, 6.07) is 0. The minimum absolute atomic E-state index is 0.241. The van der Waals surface area contributed by atoms with Crippen molar-refractivity contribution in [2.45, 2.75) is 31.6 Å². The van der Waals surface area contributed by atoms with Crippen molar-refractivity contribution in [2.75, 3.05) is 0 Å². The summed E-state index contributed by atoms with van der Waals surface area (Å²) in [6.45, 7) is 0.241. The number of halogens is 6. The number of hydrogen-bond acceptors (Lipinski definition) is 0. The van der Waals surface area contributed by atoms with Crippen LogP contribution in [0, 0.1) is 0 Å². The van der Waals surface area contributed by atoms with Gasteiger partial charge < -0.3 is 0 Å². The molecule has 0 amide bonds. The summed E-state index contributed by atoms with van der Waals surface area (Å²) in [5, 5.41) is 0. The molecule has 0 heterocycles. The highest BCUT2D eigenvalue weighted by Gasteiger charge is 2.44. The zero-order valence-corrected chi connectivity index (χ0v) is 5.55. The van der Waals surface area contributed by atoms with Crippen molar-refractivity contribution in [3.63, 3.8) is 0 Å². The highest BCUT2D eigenvalue weighted by molar-refractivity contribution is 4.72. The lowest BCUT2D eigenvalue weighted by Gasteiger charge is -2.15. The Morgan fingerprint density at radius 1 is 1.09 bits per heavy atom. The molecule has 0 fully saturated rings. The van der Waals surface area contributed by atoms with Crippen molar-refractivity contribution < 1.29 is 26.3 Å². The molecular formula is C5H6F6. The second-order valence-corrected chi connectivity index (χ2v) is 2.28. The van der Waals surface area contributed by atoms with E-state index in [1.54, 1.807) is 0 Å². The molecule has 0 aromatic heterocycles. The quantitative estimate of drug-likeness (QED) is 0.573. The van der Waals surface area contributed by atoms with E-state index in [0.717, 1.165) is 0 Å². The summed E-state index contributed by atoms with van der Waals surface area (Å²) >= 11 is 0. The zero-order valence-electron chi connectivity index (χ0n) is 5.55. The molecular weight excluding hydrogens is 174 g/mol. The van der Waals surface area contributed by atoms with Gasteiger partial charge in [-0.2, -0.15) is 13.2 Å². The van der Waals surface area contributed by atoms with Gasteiger partial charge in [-0.25, -0.2) is 13.2 Å². The van der Waals surface area contributed by atoms with Crippen LogP contribution in [-0.2, 0) is 0 Å². The van der Waals surface area contributed by atoms with Crippen molar-refractivity contribution >= 4 is 0 Å². The van der Waals surface area contributed by atoms with Gasteiger partial charge in [0.2, 0.25) is 12.1 Å². The molecule has 0 bridgehead atoms. The molecule has 0 rings (SSSR count). The van der Waals surface area contributed by atoms with Gasteiger partial charge in [0.25, 0.3) is 0 Å². The fraction of sp³-hybridized carbons (Fsp3) is 1.00. The second-order valence-electron chi connectivity index (χ2n) is 2.28. The van der Waals surface area contributed by atoms with Gasteiger partial charge in [-0.3, -0.25) is 0 Å². The molecule has 0 nitrogen and oxygen atoms in total. The second kappa shape index (κ2) is 2.91. The van der Waals surface area contributed by atoms with Crippen LogP contribution < -0.4 is 0 Å². The fourth-order valence-corrected chi connectivity index (χ4v) is 0.430. The molecule has 0 radical (unpaired) electrons. The monoisotopic (exact) mass is 180 g/mol. The van der Waals surface area contributed by atoms with E-state index in [9.17, 15) is 26.3 Å². The van der Waals surface area contributed by atoms with Gasteiger partial charge in [0, 0.05) is 0 Å². The van der Waals surface area contributed by atoms with Gasteiger partial charge in [0.15, 0.2) is 0 Å². The zero-order chi connectivity index (χ0) is 9.28. The van der Waals surface area contributed by atoms with E-state index in [1.165, 1.54) is 0 Å². The summed E-state index contributed by atoms with van der Waals surface area (Å²) in [5.74, 6) is -3.62. The van der Waals surface area contributed by atoms with Crippen LogP contribution in [0.5, 0.6) is 0 Å². The summed E-state index contributed by atoms with van der Waals surface area (Å²) in [7, 11) is 0. The van der Waals surface area contributed by atoms with Crippen LogP contribution in [0.3, 0.4) is 0 Å². The minimum Gasteiger partial charge on any atom is -0.237 e. The van der Waals surface area contributed by atoms with Crippen molar-refractivity contribution in [1.29, 1.82) is 0 Å². The first kappa shape index (κ1) is 10.6. The molecule has 0 aliphatic carbocycles. The first-order valence-corrected chi connectivity index (χ1v) is 2.71. The van der Waals surface area contributed by atoms with E-state index in [-0.39, 0.29) is 6.92 Å². The van der Waals surface area contributed by atoms with E-state index in [1.807, 2.05) is 0 Å². The molecule has 68 valence electrons. The van der Waals surface area contributed by atoms with E-state index in [2.05, 4.69) is 0 Å². The first-order chi connectivity index (χ1) is 4.63. The van der Waals surface area contributed by atoms with Crippen molar-refractivity contribution in [1.82, 2.24) is 0 Å². The average Bonchev–Trinajstić information content (AvgIpc) is 1.56. The summed E-state index contributed by atoms with van der Waals surface area (Å²) < 4.78 is 69.1. The summed E-state index contributed by atoms with van der Waals surface area (Å²) in [4.78, 5) is 0. The fourth-order valence-electron chi connectivity index (χ4n) is 0.430. The van der Waals surface area contributed by atoms with Crippen molar-refractivity contribution in [3.05, 3.63) is 0 Å². The molecule has 0 spiro atoms. The molecule has 0 saturated heterocycles. The third-order valence-corrected chi connectivity index (χ3v) is 0.893. The van der Waals surface area contributed by atoms with E-state index in [0.29, 0.717) is 0 Å². The number of alkyl halides is 6. The maximum Gasteiger partial charge on any atom is 0.419 e.